The van der Waals surface area contributed by atoms with Crippen molar-refractivity contribution in [3.05, 3.63) is 69.2 Å². The lowest BCUT2D eigenvalue weighted by Gasteiger charge is -2.20. The summed E-state index contributed by atoms with van der Waals surface area (Å²) in [5.41, 5.74) is 0.958. The second kappa shape index (κ2) is 9.35. The van der Waals surface area contributed by atoms with Crippen LogP contribution in [0.25, 0.3) is 0 Å². The number of nitro groups is 1. The first kappa shape index (κ1) is 19.2. The highest BCUT2D eigenvalue weighted by Crippen LogP contribution is 2.33. The third-order valence-electron chi connectivity index (χ3n) is 3.22. The molecule has 2 aromatic carbocycles. The van der Waals surface area contributed by atoms with Gasteiger partial charge in [-0.3, -0.25) is 10.1 Å². The fraction of sp³-hybridized carbons (Fsp3) is 0.250. The topological polar surface area (TPSA) is 64.4 Å². The predicted octanol–water partition coefficient (Wildman–Crippen LogP) is 4.40. The van der Waals surface area contributed by atoms with Gasteiger partial charge >= 0.3 is 0 Å². The van der Waals surface area contributed by atoms with Crippen LogP contribution in [-0.2, 0) is 0 Å². The van der Waals surface area contributed by atoms with Gasteiger partial charge in [0.25, 0.3) is 5.69 Å². The van der Waals surface area contributed by atoms with E-state index in [1.165, 1.54) is 18.2 Å². The number of nitrogens with zero attached hydrogens (tertiary/aromatic N) is 1. The fourth-order valence-electron chi connectivity index (χ4n) is 2.09. The van der Waals surface area contributed by atoms with Crippen LogP contribution < -0.4 is 10.1 Å². The highest BCUT2D eigenvalue weighted by molar-refractivity contribution is 6.32. The van der Waals surface area contributed by atoms with Gasteiger partial charge in [-0.1, -0.05) is 41.9 Å². The Labute approximate surface area is 146 Å². The van der Waals surface area contributed by atoms with Gasteiger partial charge in [-0.05, 0) is 25.2 Å². The maximum Gasteiger partial charge on any atom is 0.273 e. The molecule has 1 atom stereocenters. The molecular weight excluding hydrogens is 339 g/mol. The number of rotatable bonds is 7. The summed E-state index contributed by atoms with van der Waals surface area (Å²) in [5.74, 6) is 0.320. The highest BCUT2D eigenvalue weighted by atomic mass is 35.5. The monoisotopic (exact) mass is 356 g/mol. The number of nitrogens with one attached hydrogen (secondary N) is 1. The minimum atomic E-state index is -0.464. The number of nitro benzene ring substituents is 1. The molecular formula is C16H18Cl2N2O3. The van der Waals surface area contributed by atoms with Crippen LogP contribution in [0.1, 0.15) is 18.1 Å². The number of hydrogen-bond donors (Lipinski definition) is 1. The molecule has 7 heteroatoms. The quantitative estimate of drug-likeness (QED) is 0.589. The molecule has 0 saturated carbocycles. The maximum absolute atomic E-state index is 10.9. The summed E-state index contributed by atoms with van der Waals surface area (Å²) in [7, 11) is 1.86. The molecule has 0 radical (unpaired) electrons. The molecule has 0 amide bonds. The van der Waals surface area contributed by atoms with Gasteiger partial charge in [0.2, 0.25) is 0 Å². The summed E-state index contributed by atoms with van der Waals surface area (Å²) in [6, 6.07) is 13.9. The van der Waals surface area contributed by atoms with E-state index >= 15 is 0 Å². The zero-order chi connectivity index (χ0) is 15.9. The van der Waals surface area contributed by atoms with Gasteiger partial charge in [-0.15, -0.1) is 12.4 Å². The molecule has 0 aromatic heterocycles. The van der Waals surface area contributed by atoms with E-state index < -0.39 is 4.92 Å². The van der Waals surface area contributed by atoms with Crippen LogP contribution in [0.3, 0.4) is 0 Å². The van der Waals surface area contributed by atoms with Crippen LogP contribution in [0.5, 0.6) is 5.75 Å². The van der Waals surface area contributed by atoms with Crippen LogP contribution in [0, 0.1) is 10.1 Å². The zero-order valence-corrected chi connectivity index (χ0v) is 14.1. The normalized spacial score (nSPS) is 11.4. The summed E-state index contributed by atoms with van der Waals surface area (Å²) in [6.07, 6.45) is 0.493. The number of halogens is 2. The smallest absolute Gasteiger partial charge is 0.273 e. The van der Waals surface area contributed by atoms with Crippen molar-refractivity contribution in [3.8, 4) is 5.75 Å². The molecule has 1 N–H and O–H groups in total. The Morgan fingerprint density at radius 3 is 2.57 bits per heavy atom. The van der Waals surface area contributed by atoms with Gasteiger partial charge in [0.05, 0.1) is 16.0 Å². The second-order valence-electron chi connectivity index (χ2n) is 4.78. The standard InChI is InChI=1S/C16H17ClN2O3.ClH/c1-18-10-9-15(12-5-3-2-4-6-12)22-16-11-13(19(20)21)7-8-14(16)17;/h2-8,11,15,18H,9-10H2,1H3;1H. The van der Waals surface area contributed by atoms with E-state index in [9.17, 15) is 10.1 Å². The van der Waals surface area contributed by atoms with Gasteiger partial charge in [-0.2, -0.15) is 0 Å². The Morgan fingerprint density at radius 1 is 1.26 bits per heavy atom. The van der Waals surface area contributed by atoms with Gasteiger partial charge in [-0.25, -0.2) is 0 Å². The highest BCUT2D eigenvalue weighted by Gasteiger charge is 2.17. The second-order valence-corrected chi connectivity index (χ2v) is 5.19. The summed E-state index contributed by atoms with van der Waals surface area (Å²) >= 11 is 6.10. The third kappa shape index (κ3) is 5.39. The number of benzene rings is 2. The average molecular weight is 357 g/mol. The molecule has 0 heterocycles. The largest absolute Gasteiger partial charge is 0.484 e. The van der Waals surface area contributed by atoms with Crippen LogP contribution in [0.4, 0.5) is 5.69 Å². The Bertz CT molecular complexity index is 638. The summed E-state index contributed by atoms with van der Waals surface area (Å²) in [4.78, 5) is 10.4. The van der Waals surface area contributed by atoms with E-state index in [0.717, 1.165) is 18.5 Å². The molecule has 23 heavy (non-hydrogen) atoms. The molecule has 2 aromatic rings. The Balaban J connectivity index is 0.00000264. The predicted molar refractivity (Wildman–Crippen MR) is 93.7 cm³/mol. The van der Waals surface area contributed by atoms with Gasteiger partial charge in [0.1, 0.15) is 11.9 Å². The van der Waals surface area contributed by atoms with Crippen LogP contribution in [0.2, 0.25) is 5.02 Å². The molecule has 2 rings (SSSR count). The molecule has 5 nitrogen and oxygen atoms in total. The van der Waals surface area contributed by atoms with Crippen LogP contribution >= 0.6 is 24.0 Å². The maximum atomic E-state index is 10.9. The van der Waals surface area contributed by atoms with Crippen molar-refractivity contribution in [3.63, 3.8) is 0 Å². The third-order valence-corrected chi connectivity index (χ3v) is 3.53. The molecule has 0 aliphatic heterocycles. The van der Waals surface area contributed by atoms with E-state index in [1.807, 2.05) is 37.4 Å². The number of non-ortho nitro benzene ring substituents is 1. The van der Waals surface area contributed by atoms with Crippen LogP contribution in [0.15, 0.2) is 48.5 Å². The number of hydrogen-bond acceptors (Lipinski definition) is 4. The van der Waals surface area contributed by atoms with Crippen molar-refractivity contribution in [2.45, 2.75) is 12.5 Å². The van der Waals surface area contributed by atoms with Crippen LogP contribution in [-0.4, -0.2) is 18.5 Å². The summed E-state index contributed by atoms with van der Waals surface area (Å²) in [6.45, 7) is 0.756. The van der Waals surface area contributed by atoms with Crippen molar-refractivity contribution in [1.82, 2.24) is 5.32 Å². The van der Waals surface area contributed by atoms with E-state index in [1.54, 1.807) is 0 Å². The Hall–Kier alpha value is -1.82. The van der Waals surface area contributed by atoms with Gasteiger partial charge < -0.3 is 10.1 Å². The molecule has 124 valence electrons. The lowest BCUT2D eigenvalue weighted by molar-refractivity contribution is -0.384. The van der Waals surface area contributed by atoms with Gasteiger partial charge in [0.15, 0.2) is 0 Å². The summed E-state index contributed by atoms with van der Waals surface area (Å²) in [5, 5.41) is 14.3. The van der Waals surface area contributed by atoms with Crippen molar-refractivity contribution in [2.24, 2.45) is 0 Å². The SMILES string of the molecule is CNCCC(Oc1cc([N+](=O)[O-])ccc1Cl)c1ccccc1.Cl. The van der Waals surface area contributed by atoms with Crippen molar-refractivity contribution >= 4 is 29.7 Å². The Morgan fingerprint density at radius 2 is 1.96 bits per heavy atom. The first-order valence-electron chi connectivity index (χ1n) is 6.92. The molecule has 0 aliphatic rings. The Kier molecular flexibility index (Phi) is 7.81. The molecule has 0 aliphatic carbocycles. The van der Waals surface area contributed by atoms with Crippen molar-refractivity contribution in [1.29, 1.82) is 0 Å². The first-order valence-corrected chi connectivity index (χ1v) is 7.29. The average Bonchev–Trinajstić information content (AvgIpc) is 2.53. The first-order chi connectivity index (χ1) is 10.6. The molecule has 0 saturated heterocycles. The minimum absolute atomic E-state index is 0. The molecule has 1 unspecified atom stereocenters. The number of ether oxygens (including phenoxy) is 1. The zero-order valence-electron chi connectivity index (χ0n) is 12.6. The fourth-order valence-corrected chi connectivity index (χ4v) is 2.25. The molecule has 0 bridgehead atoms. The van der Waals surface area contributed by atoms with Crippen molar-refractivity contribution < 1.29 is 9.66 Å². The minimum Gasteiger partial charge on any atom is -0.484 e. The van der Waals surface area contributed by atoms with E-state index in [-0.39, 0.29) is 24.2 Å². The molecule has 0 spiro atoms. The van der Waals surface area contributed by atoms with Crippen molar-refractivity contribution in [2.75, 3.05) is 13.6 Å². The van der Waals surface area contributed by atoms with Gasteiger partial charge in [0, 0.05) is 12.5 Å². The van der Waals surface area contributed by atoms with E-state index in [0.29, 0.717) is 10.8 Å². The van der Waals surface area contributed by atoms with E-state index in [4.69, 9.17) is 16.3 Å². The lowest BCUT2D eigenvalue weighted by atomic mass is 10.1. The van der Waals surface area contributed by atoms with E-state index in [2.05, 4.69) is 5.32 Å². The lowest BCUT2D eigenvalue weighted by Crippen LogP contribution is -2.16. The molecule has 0 fully saturated rings. The summed E-state index contributed by atoms with van der Waals surface area (Å²) < 4.78 is 5.95.